The van der Waals surface area contributed by atoms with Crippen LogP contribution in [0.15, 0.2) is 18.2 Å². The highest BCUT2D eigenvalue weighted by molar-refractivity contribution is 5.90. The Hall–Kier alpha value is -2.62. The lowest BCUT2D eigenvalue weighted by Crippen LogP contribution is -2.29. The minimum atomic E-state index is -0.832. The summed E-state index contributed by atoms with van der Waals surface area (Å²) in [6.07, 6.45) is 2.05. The molecule has 0 spiro atoms. The Kier molecular flexibility index (Phi) is 6.68. The zero-order valence-electron chi connectivity index (χ0n) is 11.4. The topological polar surface area (TPSA) is 102 Å². The molecule has 0 bridgehead atoms. The number of carboxylic acid groups (broad SMARTS) is 1. The molecule has 0 atom stereocenters. The first kappa shape index (κ1) is 16.4. The summed E-state index contributed by atoms with van der Waals surface area (Å²) in [4.78, 5) is 21.9. The molecule has 0 aliphatic carbocycles. The van der Waals surface area contributed by atoms with Crippen LogP contribution in [0.1, 0.15) is 31.2 Å². The van der Waals surface area contributed by atoms with Crippen LogP contribution in [0, 0.1) is 17.1 Å². The van der Waals surface area contributed by atoms with Crippen molar-refractivity contribution in [3.8, 4) is 6.07 Å². The number of carbonyl (C=O) groups is 2. The average molecular weight is 293 g/mol. The number of anilines is 1. The van der Waals surface area contributed by atoms with Gasteiger partial charge < -0.3 is 15.7 Å². The first-order valence-corrected chi connectivity index (χ1v) is 6.49. The number of hydrogen-bond acceptors (Lipinski definition) is 3. The third kappa shape index (κ3) is 6.38. The summed E-state index contributed by atoms with van der Waals surface area (Å²) >= 11 is 0. The quantitative estimate of drug-likeness (QED) is 0.672. The van der Waals surface area contributed by atoms with Crippen molar-refractivity contribution in [1.29, 1.82) is 5.26 Å². The SMILES string of the molecule is N#Cc1cc(F)ccc1NC(=O)NCCCCCC(=O)O. The van der Waals surface area contributed by atoms with Gasteiger partial charge in [0, 0.05) is 13.0 Å². The summed E-state index contributed by atoms with van der Waals surface area (Å²) in [5.74, 6) is -1.38. The van der Waals surface area contributed by atoms with Gasteiger partial charge in [-0.05, 0) is 31.0 Å². The maximum atomic E-state index is 12.9. The van der Waals surface area contributed by atoms with Crippen LogP contribution in [0.25, 0.3) is 0 Å². The molecule has 1 rings (SSSR count). The Bertz CT molecular complexity index is 555. The van der Waals surface area contributed by atoms with Gasteiger partial charge in [0.2, 0.25) is 0 Å². The number of aliphatic carboxylic acids is 1. The third-order valence-corrected chi connectivity index (χ3v) is 2.70. The largest absolute Gasteiger partial charge is 0.481 e. The molecule has 112 valence electrons. The third-order valence-electron chi connectivity index (χ3n) is 2.70. The van der Waals surface area contributed by atoms with Crippen LogP contribution < -0.4 is 10.6 Å². The van der Waals surface area contributed by atoms with E-state index in [9.17, 15) is 14.0 Å². The molecule has 0 fully saturated rings. The lowest BCUT2D eigenvalue weighted by Gasteiger charge is -2.08. The summed E-state index contributed by atoms with van der Waals surface area (Å²) in [5.41, 5.74) is 0.286. The van der Waals surface area contributed by atoms with Crippen LogP contribution in [0.5, 0.6) is 0 Å². The fraction of sp³-hybridized carbons (Fsp3) is 0.357. The Labute approximate surface area is 121 Å². The van der Waals surface area contributed by atoms with Crippen molar-refractivity contribution in [2.45, 2.75) is 25.7 Å². The van der Waals surface area contributed by atoms with Crippen LogP contribution in [0.3, 0.4) is 0 Å². The zero-order valence-corrected chi connectivity index (χ0v) is 11.4. The normalized spacial score (nSPS) is 9.71. The molecule has 0 saturated carbocycles. The van der Waals surface area contributed by atoms with Crippen LogP contribution in [0.4, 0.5) is 14.9 Å². The number of hydrogen-bond donors (Lipinski definition) is 3. The van der Waals surface area contributed by atoms with Gasteiger partial charge in [0.05, 0.1) is 11.3 Å². The lowest BCUT2D eigenvalue weighted by molar-refractivity contribution is -0.137. The van der Waals surface area contributed by atoms with E-state index < -0.39 is 17.8 Å². The van der Waals surface area contributed by atoms with Crippen molar-refractivity contribution < 1.29 is 19.1 Å². The number of amides is 2. The number of nitrogens with zero attached hydrogens (tertiary/aromatic N) is 1. The summed E-state index contributed by atoms with van der Waals surface area (Å²) in [6, 6.07) is 4.83. The molecule has 0 aliphatic rings. The molecular weight excluding hydrogens is 277 g/mol. The smallest absolute Gasteiger partial charge is 0.319 e. The maximum Gasteiger partial charge on any atom is 0.319 e. The number of unbranched alkanes of at least 4 members (excludes halogenated alkanes) is 2. The minimum Gasteiger partial charge on any atom is -0.481 e. The summed E-state index contributed by atoms with van der Waals surface area (Å²) < 4.78 is 12.9. The maximum absolute atomic E-state index is 12.9. The molecule has 7 heteroatoms. The zero-order chi connectivity index (χ0) is 15.7. The number of carboxylic acids is 1. The van der Waals surface area contributed by atoms with Crippen molar-refractivity contribution in [1.82, 2.24) is 5.32 Å². The molecule has 0 saturated heterocycles. The number of urea groups is 1. The molecule has 6 nitrogen and oxygen atoms in total. The van der Waals surface area contributed by atoms with Gasteiger partial charge in [-0.3, -0.25) is 4.79 Å². The fourth-order valence-electron chi connectivity index (χ4n) is 1.66. The Morgan fingerprint density at radius 2 is 2.05 bits per heavy atom. The van der Waals surface area contributed by atoms with E-state index in [1.54, 1.807) is 6.07 Å². The average Bonchev–Trinajstić information content (AvgIpc) is 2.44. The van der Waals surface area contributed by atoms with E-state index >= 15 is 0 Å². The highest BCUT2D eigenvalue weighted by Gasteiger charge is 2.07. The van der Waals surface area contributed by atoms with Crippen LogP contribution >= 0.6 is 0 Å². The fourth-order valence-corrected chi connectivity index (χ4v) is 1.66. The number of carbonyl (C=O) groups excluding carboxylic acids is 1. The van der Waals surface area contributed by atoms with Gasteiger partial charge in [-0.15, -0.1) is 0 Å². The molecular formula is C14H16FN3O3. The van der Waals surface area contributed by atoms with Crippen LogP contribution in [-0.2, 0) is 4.79 Å². The highest BCUT2D eigenvalue weighted by atomic mass is 19.1. The standard InChI is InChI=1S/C14H16FN3O3/c15-11-5-6-12(10(8-11)9-16)18-14(21)17-7-3-1-2-4-13(19)20/h5-6,8H,1-4,7H2,(H,19,20)(H2,17,18,21). The van der Waals surface area contributed by atoms with Crippen molar-refractivity contribution in [3.05, 3.63) is 29.6 Å². The monoisotopic (exact) mass is 293 g/mol. The van der Waals surface area contributed by atoms with E-state index in [-0.39, 0.29) is 17.7 Å². The molecule has 21 heavy (non-hydrogen) atoms. The van der Waals surface area contributed by atoms with Gasteiger partial charge in [0.1, 0.15) is 11.9 Å². The van der Waals surface area contributed by atoms with Crippen molar-refractivity contribution in [3.63, 3.8) is 0 Å². The van der Waals surface area contributed by atoms with E-state index in [0.717, 1.165) is 12.1 Å². The van der Waals surface area contributed by atoms with Gasteiger partial charge in [-0.1, -0.05) is 6.42 Å². The van der Waals surface area contributed by atoms with Gasteiger partial charge in [0.25, 0.3) is 0 Å². The van der Waals surface area contributed by atoms with Gasteiger partial charge in [-0.2, -0.15) is 5.26 Å². The molecule has 2 amide bonds. The van der Waals surface area contributed by atoms with E-state index in [1.807, 2.05) is 0 Å². The van der Waals surface area contributed by atoms with Gasteiger partial charge in [0.15, 0.2) is 0 Å². The van der Waals surface area contributed by atoms with E-state index in [4.69, 9.17) is 10.4 Å². The van der Waals surface area contributed by atoms with Crippen molar-refractivity contribution >= 4 is 17.7 Å². The Morgan fingerprint density at radius 1 is 1.29 bits per heavy atom. The predicted octanol–water partition coefficient (Wildman–Crippen LogP) is 2.46. The molecule has 3 N–H and O–H groups in total. The predicted molar refractivity (Wildman–Crippen MR) is 74.2 cm³/mol. The van der Waals surface area contributed by atoms with Gasteiger partial charge >= 0.3 is 12.0 Å². The molecule has 1 aromatic carbocycles. The van der Waals surface area contributed by atoms with E-state index in [2.05, 4.69) is 10.6 Å². The second-order valence-electron chi connectivity index (χ2n) is 4.39. The van der Waals surface area contributed by atoms with Crippen molar-refractivity contribution in [2.75, 3.05) is 11.9 Å². The number of benzene rings is 1. The number of halogens is 1. The summed E-state index contributed by atoms with van der Waals surface area (Å²) in [7, 11) is 0. The second-order valence-corrected chi connectivity index (χ2v) is 4.39. The first-order chi connectivity index (χ1) is 10.0. The van der Waals surface area contributed by atoms with E-state index in [1.165, 1.54) is 6.07 Å². The highest BCUT2D eigenvalue weighted by Crippen LogP contribution is 2.15. The van der Waals surface area contributed by atoms with Crippen LogP contribution in [0.2, 0.25) is 0 Å². The molecule has 0 heterocycles. The van der Waals surface area contributed by atoms with Gasteiger partial charge in [-0.25, -0.2) is 9.18 Å². The first-order valence-electron chi connectivity index (χ1n) is 6.49. The van der Waals surface area contributed by atoms with Crippen molar-refractivity contribution in [2.24, 2.45) is 0 Å². The minimum absolute atomic E-state index is 0.0478. The number of rotatable bonds is 7. The molecule has 0 aliphatic heterocycles. The molecule has 0 aromatic heterocycles. The molecule has 0 radical (unpaired) electrons. The molecule has 0 unspecified atom stereocenters. The number of nitriles is 1. The summed E-state index contributed by atoms with van der Waals surface area (Å²) in [5, 5.41) is 22.3. The summed E-state index contributed by atoms with van der Waals surface area (Å²) in [6.45, 7) is 0.397. The number of nitrogens with one attached hydrogen (secondary N) is 2. The lowest BCUT2D eigenvalue weighted by atomic mass is 10.2. The van der Waals surface area contributed by atoms with E-state index in [0.29, 0.717) is 25.8 Å². The molecule has 1 aromatic rings. The van der Waals surface area contributed by atoms with Crippen LogP contribution in [-0.4, -0.2) is 23.7 Å². The Balaban J connectivity index is 2.31. The second kappa shape index (κ2) is 8.53. The Morgan fingerprint density at radius 3 is 2.71 bits per heavy atom.